The standard InChI is InChI=1S/C15H22N3O2/c1-15(2,3)20-14(19)17-12-5-4-6-13(11-12)18-9-7-16-8-10-18/h4-6,11H,7-10H2,1-3H3,(H,17,19). The Bertz CT molecular complexity index is 462. The van der Waals surface area contributed by atoms with Crippen LogP contribution in [0.4, 0.5) is 16.2 Å². The maximum absolute atomic E-state index is 11.8. The zero-order valence-corrected chi connectivity index (χ0v) is 12.3. The fraction of sp³-hybridized carbons (Fsp3) is 0.533. The van der Waals surface area contributed by atoms with Gasteiger partial charge in [0.2, 0.25) is 0 Å². The van der Waals surface area contributed by atoms with E-state index in [0.29, 0.717) is 0 Å². The predicted octanol–water partition coefficient (Wildman–Crippen LogP) is 2.46. The number of piperazine rings is 1. The SMILES string of the molecule is CC(C)(C)OC(=O)Nc1cccc(N2CC[N]CC2)c1. The Labute approximate surface area is 120 Å². The lowest BCUT2D eigenvalue weighted by atomic mass is 10.2. The molecule has 2 rings (SSSR count). The Balaban J connectivity index is 2.00. The lowest BCUT2D eigenvalue weighted by Crippen LogP contribution is -2.40. The molecule has 1 aliphatic heterocycles. The molecule has 5 heteroatoms. The summed E-state index contributed by atoms with van der Waals surface area (Å²) in [5.74, 6) is 0. The third-order valence-corrected chi connectivity index (χ3v) is 2.91. The number of benzene rings is 1. The largest absolute Gasteiger partial charge is 0.444 e. The third kappa shape index (κ3) is 4.42. The van der Waals surface area contributed by atoms with Crippen LogP contribution in [0, 0.1) is 0 Å². The molecule has 1 fully saturated rings. The average Bonchev–Trinajstić information content (AvgIpc) is 2.38. The minimum Gasteiger partial charge on any atom is -0.444 e. The number of carbonyl (C=O) groups excluding carboxylic acids is 1. The van der Waals surface area contributed by atoms with E-state index in [2.05, 4.69) is 15.5 Å². The first kappa shape index (κ1) is 14.7. The van der Waals surface area contributed by atoms with Gasteiger partial charge in [-0.1, -0.05) is 6.07 Å². The minimum atomic E-state index is -0.490. The molecule has 1 aliphatic rings. The predicted molar refractivity (Wildman–Crippen MR) is 80.4 cm³/mol. The second-order valence-corrected chi connectivity index (χ2v) is 5.84. The molecule has 1 heterocycles. The van der Waals surface area contributed by atoms with Crippen LogP contribution >= 0.6 is 0 Å². The zero-order chi connectivity index (χ0) is 14.6. The summed E-state index contributed by atoms with van der Waals surface area (Å²) < 4.78 is 5.25. The Hall–Kier alpha value is -1.75. The number of ether oxygens (including phenoxy) is 1. The van der Waals surface area contributed by atoms with Gasteiger partial charge in [-0.25, -0.2) is 10.1 Å². The summed E-state index contributed by atoms with van der Waals surface area (Å²) in [5.41, 5.74) is 1.36. The van der Waals surface area contributed by atoms with Crippen molar-refractivity contribution in [3.8, 4) is 0 Å². The van der Waals surface area contributed by atoms with Crippen molar-refractivity contribution in [2.24, 2.45) is 0 Å². The summed E-state index contributed by atoms with van der Waals surface area (Å²) >= 11 is 0. The van der Waals surface area contributed by atoms with E-state index in [9.17, 15) is 4.79 Å². The Kier molecular flexibility index (Phi) is 4.49. The number of nitrogens with one attached hydrogen (secondary N) is 1. The van der Waals surface area contributed by atoms with E-state index in [1.54, 1.807) is 0 Å². The maximum atomic E-state index is 11.8. The van der Waals surface area contributed by atoms with Crippen molar-refractivity contribution in [2.45, 2.75) is 26.4 Å². The summed E-state index contributed by atoms with van der Waals surface area (Å²) in [6.45, 7) is 9.12. The first-order valence-corrected chi connectivity index (χ1v) is 6.92. The fourth-order valence-electron chi connectivity index (χ4n) is 2.07. The van der Waals surface area contributed by atoms with Gasteiger partial charge in [-0.2, -0.15) is 0 Å². The summed E-state index contributed by atoms with van der Waals surface area (Å²) in [6, 6.07) is 7.82. The van der Waals surface area contributed by atoms with Gasteiger partial charge in [0.25, 0.3) is 0 Å². The number of nitrogens with zero attached hydrogens (tertiary/aromatic N) is 2. The van der Waals surface area contributed by atoms with Gasteiger partial charge in [-0.05, 0) is 39.0 Å². The maximum Gasteiger partial charge on any atom is 0.412 e. The van der Waals surface area contributed by atoms with Crippen molar-refractivity contribution in [1.82, 2.24) is 5.32 Å². The van der Waals surface area contributed by atoms with Crippen molar-refractivity contribution in [1.29, 1.82) is 0 Å². The van der Waals surface area contributed by atoms with E-state index in [-0.39, 0.29) is 0 Å². The Morgan fingerprint density at radius 1 is 1.30 bits per heavy atom. The molecule has 0 aliphatic carbocycles. The third-order valence-electron chi connectivity index (χ3n) is 2.91. The Morgan fingerprint density at radius 2 is 2.00 bits per heavy atom. The highest BCUT2D eigenvalue weighted by Crippen LogP contribution is 2.20. The minimum absolute atomic E-state index is 0.428. The molecule has 0 aromatic heterocycles. The summed E-state index contributed by atoms with van der Waals surface area (Å²) in [4.78, 5) is 14.0. The van der Waals surface area contributed by atoms with Crippen molar-refractivity contribution in [3.63, 3.8) is 0 Å². The van der Waals surface area contributed by atoms with Crippen LogP contribution in [-0.2, 0) is 4.74 Å². The molecule has 1 N–H and O–H groups in total. The number of hydrogen-bond donors (Lipinski definition) is 1. The van der Waals surface area contributed by atoms with E-state index in [4.69, 9.17) is 4.74 Å². The number of anilines is 2. The molecule has 1 aromatic rings. The van der Waals surface area contributed by atoms with Crippen LogP contribution in [0.2, 0.25) is 0 Å². The zero-order valence-electron chi connectivity index (χ0n) is 12.3. The number of hydrogen-bond acceptors (Lipinski definition) is 3. The molecule has 0 unspecified atom stereocenters. The van der Waals surface area contributed by atoms with Gasteiger partial charge >= 0.3 is 6.09 Å². The average molecular weight is 276 g/mol. The van der Waals surface area contributed by atoms with Gasteiger partial charge in [-0.3, -0.25) is 5.32 Å². The number of rotatable bonds is 2. The molecule has 0 saturated carbocycles. The second-order valence-electron chi connectivity index (χ2n) is 5.84. The number of carbonyl (C=O) groups is 1. The molecule has 5 nitrogen and oxygen atoms in total. The van der Waals surface area contributed by atoms with Crippen LogP contribution in [0.15, 0.2) is 24.3 Å². The fourth-order valence-corrected chi connectivity index (χ4v) is 2.07. The van der Waals surface area contributed by atoms with E-state index in [1.807, 2.05) is 45.0 Å². The quantitative estimate of drug-likeness (QED) is 0.902. The van der Waals surface area contributed by atoms with Crippen molar-refractivity contribution >= 4 is 17.5 Å². The molecular formula is C15H22N3O2. The molecule has 0 bridgehead atoms. The lowest BCUT2D eigenvalue weighted by Gasteiger charge is -2.29. The van der Waals surface area contributed by atoms with Gasteiger partial charge < -0.3 is 9.64 Å². The molecule has 109 valence electrons. The van der Waals surface area contributed by atoms with Crippen LogP contribution in [0.1, 0.15) is 20.8 Å². The lowest BCUT2D eigenvalue weighted by molar-refractivity contribution is 0.0636. The van der Waals surface area contributed by atoms with E-state index >= 15 is 0 Å². The van der Waals surface area contributed by atoms with Crippen molar-refractivity contribution in [3.05, 3.63) is 24.3 Å². The van der Waals surface area contributed by atoms with Crippen molar-refractivity contribution in [2.75, 3.05) is 36.4 Å². The highest BCUT2D eigenvalue weighted by molar-refractivity contribution is 5.85. The first-order valence-electron chi connectivity index (χ1n) is 6.92. The van der Waals surface area contributed by atoms with Crippen LogP contribution in [0.3, 0.4) is 0 Å². The van der Waals surface area contributed by atoms with Gasteiger partial charge in [0, 0.05) is 37.6 Å². The van der Waals surface area contributed by atoms with E-state index in [1.165, 1.54) is 0 Å². The van der Waals surface area contributed by atoms with Crippen LogP contribution in [-0.4, -0.2) is 37.9 Å². The summed E-state index contributed by atoms with van der Waals surface area (Å²) in [5, 5.41) is 7.10. The number of amides is 1. The summed E-state index contributed by atoms with van der Waals surface area (Å²) in [6.07, 6.45) is -0.428. The van der Waals surface area contributed by atoms with Gasteiger partial charge in [0.05, 0.1) is 0 Å². The summed E-state index contributed by atoms with van der Waals surface area (Å²) in [7, 11) is 0. The van der Waals surface area contributed by atoms with Crippen molar-refractivity contribution < 1.29 is 9.53 Å². The van der Waals surface area contributed by atoms with E-state index in [0.717, 1.165) is 37.6 Å². The van der Waals surface area contributed by atoms with Crippen LogP contribution < -0.4 is 15.5 Å². The highest BCUT2D eigenvalue weighted by Gasteiger charge is 2.17. The molecule has 1 radical (unpaired) electrons. The molecule has 1 aromatic carbocycles. The van der Waals surface area contributed by atoms with Crippen LogP contribution in [0.25, 0.3) is 0 Å². The van der Waals surface area contributed by atoms with E-state index < -0.39 is 11.7 Å². The second kappa shape index (κ2) is 6.13. The normalized spacial score (nSPS) is 15.8. The van der Waals surface area contributed by atoms with Gasteiger partial charge in [0.1, 0.15) is 5.60 Å². The monoisotopic (exact) mass is 276 g/mol. The van der Waals surface area contributed by atoms with Gasteiger partial charge in [-0.15, -0.1) is 0 Å². The molecule has 20 heavy (non-hydrogen) atoms. The molecule has 1 amide bonds. The molecular weight excluding hydrogens is 254 g/mol. The smallest absolute Gasteiger partial charge is 0.412 e. The Morgan fingerprint density at radius 3 is 2.65 bits per heavy atom. The molecule has 0 atom stereocenters. The molecule has 1 saturated heterocycles. The van der Waals surface area contributed by atoms with Crippen LogP contribution in [0.5, 0.6) is 0 Å². The first-order chi connectivity index (χ1) is 9.44. The topological polar surface area (TPSA) is 55.7 Å². The molecule has 0 spiro atoms. The highest BCUT2D eigenvalue weighted by atomic mass is 16.6. The van der Waals surface area contributed by atoms with Gasteiger partial charge in [0.15, 0.2) is 0 Å².